The van der Waals surface area contributed by atoms with Crippen LogP contribution in [0.1, 0.15) is 42.5 Å². The highest BCUT2D eigenvalue weighted by Gasteiger charge is 2.36. The number of aromatic nitrogens is 2. The van der Waals surface area contributed by atoms with Crippen molar-refractivity contribution >= 4 is 34.0 Å². The third-order valence-electron chi connectivity index (χ3n) is 9.70. The first kappa shape index (κ1) is 30.5. The zero-order chi connectivity index (χ0) is 31.5. The van der Waals surface area contributed by atoms with Crippen LogP contribution in [0.3, 0.4) is 0 Å². The molecule has 3 aliphatic rings. The number of hydrogen-bond donors (Lipinski definition) is 1. The van der Waals surface area contributed by atoms with E-state index in [0.29, 0.717) is 44.7 Å². The number of allylic oxidation sites excluding steroid dienone is 1. The van der Waals surface area contributed by atoms with Crippen LogP contribution in [0.15, 0.2) is 48.6 Å². The summed E-state index contributed by atoms with van der Waals surface area (Å²) < 4.78 is 6.31. The number of likely N-dealkylation sites (N-methyl/N-ethyl adjacent to an activating group) is 1. The number of piperidine rings is 1. The molecule has 0 aliphatic carbocycles. The monoisotopic (exact) mass is 607 g/mol. The van der Waals surface area contributed by atoms with Crippen molar-refractivity contribution < 1.29 is 14.3 Å². The Morgan fingerprint density at radius 2 is 1.91 bits per heavy atom. The first-order valence-corrected chi connectivity index (χ1v) is 15.9. The SMILES string of the molecule is Cc1cccc2cccc(N3CCc4c(nc(OC[C@@H]5CCCN5C)nc4N4CCC(C(=O)/C=C/C(N)=O)[C@@H](CC#N)C4)C3)c12. The van der Waals surface area contributed by atoms with Crippen LogP contribution in [0.2, 0.25) is 0 Å². The lowest BCUT2D eigenvalue weighted by atomic mass is 9.80. The second kappa shape index (κ2) is 13.2. The lowest BCUT2D eigenvalue weighted by Crippen LogP contribution is -2.44. The first-order chi connectivity index (χ1) is 21.8. The minimum atomic E-state index is -0.658. The Morgan fingerprint density at radius 3 is 2.67 bits per heavy atom. The van der Waals surface area contributed by atoms with E-state index in [9.17, 15) is 14.9 Å². The number of nitrogens with zero attached hydrogens (tertiary/aromatic N) is 6. The molecule has 2 fully saturated rings. The van der Waals surface area contributed by atoms with E-state index in [1.807, 2.05) is 0 Å². The van der Waals surface area contributed by atoms with Gasteiger partial charge in [-0.2, -0.15) is 15.2 Å². The summed E-state index contributed by atoms with van der Waals surface area (Å²) in [6.07, 6.45) is 6.16. The number of carbonyl (C=O) groups excluding carboxylic acids is 2. The molecule has 0 saturated carbocycles. The van der Waals surface area contributed by atoms with Gasteiger partial charge >= 0.3 is 6.01 Å². The molecule has 234 valence electrons. The van der Waals surface area contributed by atoms with Crippen LogP contribution in [-0.4, -0.2) is 72.4 Å². The van der Waals surface area contributed by atoms with Crippen molar-refractivity contribution in [1.82, 2.24) is 14.9 Å². The lowest BCUT2D eigenvalue weighted by Gasteiger charge is -2.39. The van der Waals surface area contributed by atoms with Gasteiger partial charge in [-0.3, -0.25) is 9.59 Å². The molecule has 6 rings (SSSR count). The number of likely N-dealkylation sites (tertiary alicyclic amines) is 1. The Morgan fingerprint density at radius 1 is 1.09 bits per heavy atom. The van der Waals surface area contributed by atoms with Gasteiger partial charge in [0.15, 0.2) is 5.78 Å². The lowest BCUT2D eigenvalue weighted by molar-refractivity contribution is -0.120. The number of benzene rings is 2. The minimum Gasteiger partial charge on any atom is -0.462 e. The zero-order valence-electron chi connectivity index (χ0n) is 26.1. The molecule has 0 radical (unpaired) electrons. The minimum absolute atomic E-state index is 0.163. The molecule has 3 atom stereocenters. The van der Waals surface area contributed by atoms with E-state index in [4.69, 9.17) is 20.4 Å². The average molecular weight is 608 g/mol. The third-order valence-corrected chi connectivity index (χ3v) is 9.70. The molecule has 4 heterocycles. The summed E-state index contributed by atoms with van der Waals surface area (Å²) in [6, 6.07) is 15.9. The number of nitriles is 1. The van der Waals surface area contributed by atoms with Crippen LogP contribution < -0.4 is 20.3 Å². The number of nitrogens with two attached hydrogens (primary N) is 1. The Kier molecular flexibility index (Phi) is 8.99. The predicted molar refractivity (Wildman–Crippen MR) is 174 cm³/mol. The highest BCUT2D eigenvalue weighted by atomic mass is 16.5. The number of hydrogen-bond acceptors (Lipinski definition) is 9. The number of fused-ring (bicyclic) bond motifs is 2. The average Bonchev–Trinajstić information content (AvgIpc) is 3.46. The number of carbonyl (C=O) groups is 2. The van der Waals surface area contributed by atoms with Gasteiger partial charge in [-0.1, -0.05) is 30.3 Å². The second-order valence-corrected chi connectivity index (χ2v) is 12.6. The first-order valence-electron chi connectivity index (χ1n) is 15.9. The smallest absolute Gasteiger partial charge is 0.318 e. The van der Waals surface area contributed by atoms with Gasteiger partial charge in [-0.05, 0) is 75.2 Å². The third kappa shape index (κ3) is 6.50. The van der Waals surface area contributed by atoms with Crippen LogP contribution in [0.5, 0.6) is 6.01 Å². The number of ether oxygens (including phenoxy) is 1. The van der Waals surface area contributed by atoms with Gasteiger partial charge in [0.1, 0.15) is 12.4 Å². The topological polar surface area (TPSA) is 129 Å². The number of amides is 1. The summed E-state index contributed by atoms with van der Waals surface area (Å²) in [4.78, 5) is 41.1. The Labute approximate surface area is 264 Å². The van der Waals surface area contributed by atoms with E-state index < -0.39 is 5.91 Å². The van der Waals surface area contributed by atoms with Crippen LogP contribution in [0, 0.1) is 30.1 Å². The normalized spacial score (nSPS) is 22.0. The summed E-state index contributed by atoms with van der Waals surface area (Å²) in [5.74, 6) is -0.536. The fraction of sp³-hybridized carbons (Fsp3) is 0.457. The van der Waals surface area contributed by atoms with Crippen LogP contribution in [-0.2, 0) is 22.6 Å². The molecule has 1 aromatic heterocycles. The molecule has 2 N–H and O–H groups in total. The summed E-state index contributed by atoms with van der Waals surface area (Å²) in [5.41, 5.74) is 9.72. The Hall–Kier alpha value is -4.49. The van der Waals surface area contributed by atoms with Crippen molar-refractivity contribution in [1.29, 1.82) is 5.26 Å². The molecule has 0 bridgehead atoms. The molecule has 10 nitrogen and oxygen atoms in total. The largest absolute Gasteiger partial charge is 0.462 e. The molecule has 2 saturated heterocycles. The molecule has 2 aromatic carbocycles. The molecule has 1 amide bonds. The van der Waals surface area contributed by atoms with Crippen LogP contribution in [0.4, 0.5) is 11.5 Å². The quantitative estimate of drug-likeness (QED) is 0.360. The molecular formula is C35H41N7O3. The van der Waals surface area contributed by atoms with E-state index in [-0.39, 0.29) is 24.0 Å². The summed E-state index contributed by atoms with van der Waals surface area (Å²) in [6.45, 7) is 6.31. The summed E-state index contributed by atoms with van der Waals surface area (Å²) >= 11 is 0. The van der Waals surface area contributed by atoms with Crippen LogP contribution in [0.25, 0.3) is 10.8 Å². The van der Waals surface area contributed by atoms with Gasteiger partial charge in [0.2, 0.25) is 5.91 Å². The van der Waals surface area contributed by atoms with E-state index in [0.717, 1.165) is 55.5 Å². The summed E-state index contributed by atoms with van der Waals surface area (Å²) in [5, 5.41) is 12.1. The van der Waals surface area contributed by atoms with Gasteiger partial charge in [0.25, 0.3) is 0 Å². The maximum Gasteiger partial charge on any atom is 0.318 e. The second-order valence-electron chi connectivity index (χ2n) is 12.6. The highest BCUT2D eigenvalue weighted by Crippen LogP contribution is 2.37. The van der Waals surface area contributed by atoms with Gasteiger partial charge < -0.3 is 25.2 Å². The standard InChI is InChI=1S/C35H41N7O3/c1-23-6-3-7-24-8-4-10-30(33(23)24)41-18-15-28-29(21-41)38-35(45-22-26-9-5-17-40(26)2)39-34(28)42-19-14-27(25(20-42)13-16-36)31(43)11-12-32(37)44/h3-4,6-8,10-12,25-27H,5,9,13-15,17-22H2,1-2H3,(H2,37,44)/b12-11+/t25-,26-,27?/m0/s1. The van der Waals surface area contributed by atoms with E-state index in [1.54, 1.807) is 0 Å². The summed E-state index contributed by atoms with van der Waals surface area (Å²) in [7, 11) is 2.13. The molecule has 10 heteroatoms. The highest BCUT2D eigenvalue weighted by molar-refractivity contribution is 5.98. The Balaban J connectivity index is 1.32. The van der Waals surface area contributed by atoms with E-state index in [2.05, 4.69) is 71.1 Å². The van der Waals surface area contributed by atoms with E-state index in [1.165, 1.54) is 28.1 Å². The molecule has 45 heavy (non-hydrogen) atoms. The molecule has 3 aromatic rings. The fourth-order valence-electron chi connectivity index (χ4n) is 7.26. The van der Waals surface area contributed by atoms with Gasteiger partial charge in [0.05, 0.1) is 18.3 Å². The Bertz CT molecular complexity index is 1660. The van der Waals surface area contributed by atoms with Gasteiger partial charge in [-0.25, -0.2) is 0 Å². The van der Waals surface area contributed by atoms with Crippen molar-refractivity contribution in [3.8, 4) is 12.1 Å². The van der Waals surface area contributed by atoms with Crippen molar-refractivity contribution in [3.63, 3.8) is 0 Å². The van der Waals surface area contributed by atoms with Crippen molar-refractivity contribution in [2.24, 2.45) is 17.6 Å². The zero-order valence-corrected chi connectivity index (χ0v) is 26.1. The van der Waals surface area contributed by atoms with Gasteiger partial charge in [-0.15, -0.1) is 0 Å². The number of primary amides is 1. The predicted octanol–water partition coefficient (Wildman–Crippen LogP) is 3.94. The maximum absolute atomic E-state index is 13.0. The fourth-order valence-corrected chi connectivity index (χ4v) is 7.26. The van der Waals surface area contributed by atoms with Crippen molar-refractivity contribution in [2.45, 2.75) is 51.6 Å². The van der Waals surface area contributed by atoms with Crippen LogP contribution >= 0.6 is 0 Å². The van der Waals surface area contributed by atoms with Crippen molar-refractivity contribution in [2.75, 3.05) is 49.6 Å². The number of ketones is 1. The van der Waals surface area contributed by atoms with Crippen molar-refractivity contribution in [3.05, 3.63) is 65.4 Å². The number of aryl methyl sites for hydroxylation is 1. The molecule has 0 spiro atoms. The van der Waals surface area contributed by atoms with Gasteiger partial charge in [0, 0.05) is 60.7 Å². The maximum atomic E-state index is 13.0. The molecule has 3 aliphatic heterocycles. The molecular weight excluding hydrogens is 566 g/mol. The number of anilines is 2. The number of rotatable bonds is 9. The van der Waals surface area contributed by atoms with E-state index >= 15 is 0 Å². The molecule has 1 unspecified atom stereocenters.